The van der Waals surface area contributed by atoms with Gasteiger partial charge in [-0.05, 0) is 6.07 Å². The van der Waals surface area contributed by atoms with Crippen LogP contribution in [0.15, 0.2) is 24.3 Å². The first-order valence-electron chi connectivity index (χ1n) is 4.83. The Labute approximate surface area is 83.1 Å². The van der Waals surface area contributed by atoms with Gasteiger partial charge in [0, 0.05) is 17.7 Å². The summed E-state index contributed by atoms with van der Waals surface area (Å²) in [6.45, 7) is 2.49. The van der Waals surface area contributed by atoms with Gasteiger partial charge in [0.15, 0.2) is 0 Å². The minimum Gasteiger partial charge on any atom is -0.456 e. The Morgan fingerprint density at radius 1 is 1.57 bits per heavy atom. The minimum atomic E-state index is -0.145. The van der Waals surface area contributed by atoms with Gasteiger partial charge in [0.25, 0.3) is 0 Å². The standard InChI is InChI=1S/C11H13NO2/c1-2-11(13)14-10-7-12-9-6-4-3-5-8(9)10/h3-6,10,12H,2,7H2,1H3. The highest BCUT2D eigenvalue weighted by molar-refractivity contribution is 5.70. The number of nitrogens with one attached hydrogen (secondary N) is 1. The summed E-state index contributed by atoms with van der Waals surface area (Å²) in [4.78, 5) is 11.1. The Morgan fingerprint density at radius 3 is 3.14 bits per heavy atom. The molecule has 14 heavy (non-hydrogen) atoms. The maximum absolute atomic E-state index is 11.1. The van der Waals surface area contributed by atoms with Crippen molar-refractivity contribution < 1.29 is 9.53 Å². The second-order valence-corrected chi connectivity index (χ2v) is 3.30. The van der Waals surface area contributed by atoms with Gasteiger partial charge in [-0.1, -0.05) is 25.1 Å². The molecule has 0 spiro atoms. The van der Waals surface area contributed by atoms with Crippen molar-refractivity contribution in [1.29, 1.82) is 0 Å². The highest BCUT2D eigenvalue weighted by Crippen LogP contribution is 2.31. The summed E-state index contributed by atoms with van der Waals surface area (Å²) in [7, 11) is 0. The van der Waals surface area contributed by atoms with Crippen LogP contribution in [0.2, 0.25) is 0 Å². The van der Waals surface area contributed by atoms with Crippen LogP contribution in [0.4, 0.5) is 5.69 Å². The molecule has 3 nitrogen and oxygen atoms in total. The van der Waals surface area contributed by atoms with Gasteiger partial charge in [0.1, 0.15) is 6.10 Å². The predicted octanol–water partition coefficient (Wildman–Crippen LogP) is 2.11. The number of ether oxygens (including phenoxy) is 1. The maximum Gasteiger partial charge on any atom is 0.306 e. The molecule has 1 atom stereocenters. The van der Waals surface area contributed by atoms with Gasteiger partial charge in [-0.25, -0.2) is 0 Å². The molecule has 0 aromatic heterocycles. The largest absolute Gasteiger partial charge is 0.456 e. The zero-order valence-corrected chi connectivity index (χ0v) is 8.12. The molecule has 1 aromatic carbocycles. The lowest BCUT2D eigenvalue weighted by Crippen LogP contribution is -2.11. The summed E-state index contributed by atoms with van der Waals surface area (Å²) >= 11 is 0. The van der Waals surface area contributed by atoms with Crippen LogP contribution >= 0.6 is 0 Å². The first kappa shape index (κ1) is 9.06. The van der Waals surface area contributed by atoms with Crippen LogP contribution in [0.25, 0.3) is 0 Å². The molecule has 0 saturated carbocycles. The van der Waals surface area contributed by atoms with Crippen molar-refractivity contribution in [2.45, 2.75) is 19.4 Å². The van der Waals surface area contributed by atoms with E-state index in [1.807, 2.05) is 24.3 Å². The van der Waals surface area contributed by atoms with Crippen molar-refractivity contribution in [3.8, 4) is 0 Å². The van der Waals surface area contributed by atoms with E-state index in [2.05, 4.69) is 5.32 Å². The summed E-state index contributed by atoms with van der Waals surface area (Å²) in [6, 6.07) is 7.91. The minimum absolute atomic E-state index is 0.112. The lowest BCUT2D eigenvalue weighted by molar-refractivity contribution is -0.148. The van der Waals surface area contributed by atoms with Crippen LogP contribution < -0.4 is 5.32 Å². The molecule has 0 aliphatic carbocycles. The number of rotatable bonds is 2. The third-order valence-corrected chi connectivity index (χ3v) is 2.35. The van der Waals surface area contributed by atoms with Crippen LogP contribution in [0.1, 0.15) is 25.0 Å². The van der Waals surface area contributed by atoms with E-state index in [4.69, 9.17) is 4.74 Å². The van der Waals surface area contributed by atoms with Crippen molar-refractivity contribution in [3.05, 3.63) is 29.8 Å². The zero-order valence-electron chi connectivity index (χ0n) is 8.12. The first-order chi connectivity index (χ1) is 6.81. The Kier molecular flexibility index (Phi) is 2.39. The third kappa shape index (κ3) is 1.58. The van der Waals surface area contributed by atoms with Gasteiger partial charge in [-0.2, -0.15) is 0 Å². The number of hydrogen-bond donors (Lipinski definition) is 1. The van der Waals surface area contributed by atoms with E-state index in [9.17, 15) is 4.79 Å². The van der Waals surface area contributed by atoms with Gasteiger partial charge in [0.05, 0.1) is 6.54 Å². The maximum atomic E-state index is 11.1. The number of esters is 1. The van der Waals surface area contributed by atoms with Gasteiger partial charge in [0.2, 0.25) is 0 Å². The third-order valence-electron chi connectivity index (χ3n) is 2.35. The molecule has 0 saturated heterocycles. The molecule has 1 aliphatic heterocycles. The number of benzene rings is 1. The second-order valence-electron chi connectivity index (χ2n) is 3.30. The molecule has 0 bridgehead atoms. The molecule has 1 N–H and O–H groups in total. The Hall–Kier alpha value is -1.51. The summed E-state index contributed by atoms with van der Waals surface area (Å²) in [5.74, 6) is -0.145. The topological polar surface area (TPSA) is 38.3 Å². The number of carbonyl (C=O) groups excluding carboxylic acids is 1. The number of carbonyl (C=O) groups is 1. The first-order valence-corrected chi connectivity index (χ1v) is 4.83. The van der Waals surface area contributed by atoms with E-state index in [0.29, 0.717) is 13.0 Å². The summed E-state index contributed by atoms with van der Waals surface area (Å²) in [5, 5.41) is 3.20. The lowest BCUT2D eigenvalue weighted by Gasteiger charge is -2.10. The van der Waals surface area contributed by atoms with Crippen LogP contribution in [0.5, 0.6) is 0 Å². The number of anilines is 1. The molecular weight excluding hydrogens is 178 g/mol. The van der Waals surface area contributed by atoms with Crippen molar-refractivity contribution in [2.75, 3.05) is 11.9 Å². The van der Waals surface area contributed by atoms with E-state index in [1.54, 1.807) is 6.92 Å². The van der Waals surface area contributed by atoms with Crippen LogP contribution in [0.3, 0.4) is 0 Å². The van der Waals surface area contributed by atoms with Crippen molar-refractivity contribution >= 4 is 11.7 Å². The highest BCUT2D eigenvalue weighted by Gasteiger charge is 2.24. The molecule has 1 unspecified atom stereocenters. The number of para-hydroxylation sites is 1. The Morgan fingerprint density at radius 2 is 2.36 bits per heavy atom. The molecule has 1 aromatic rings. The summed E-state index contributed by atoms with van der Waals surface area (Å²) in [6.07, 6.45) is 0.317. The lowest BCUT2D eigenvalue weighted by atomic mass is 10.1. The van der Waals surface area contributed by atoms with Crippen molar-refractivity contribution in [1.82, 2.24) is 0 Å². The fourth-order valence-electron chi connectivity index (χ4n) is 1.60. The average molecular weight is 191 g/mol. The molecular formula is C11H13NO2. The molecule has 1 aliphatic rings. The predicted molar refractivity (Wildman–Crippen MR) is 54.1 cm³/mol. The Balaban J connectivity index is 2.14. The Bertz CT molecular complexity index is 349. The van der Waals surface area contributed by atoms with Gasteiger partial charge in [-0.15, -0.1) is 0 Å². The highest BCUT2D eigenvalue weighted by atomic mass is 16.5. The SMILES string of the molecule is CCC(=O)OC1CNc2ccccc21. The van der Waals surface area contributed by atoms with E-state index >= 15 is 0 Å². The van der Waals surface area contributed by atoms with Crippen molar-refractivity contribution in [2.24, 2.45) is 0 Å². The molecule has 2 rings (SSSR count). The number of fused-ring (bicyclic) bond motifs is 1. The summed E-state index contributed by atoms with van der Waals surface area (Å²) < 4.78 is 5.29. The molecule has 0 amide bonds. The molecule has 1 heterocycles. The van der Waals surface area contributed by atoms with Crippen LogP contribution in [0, 0.1) is 0 Å². The van der Waals surface area contributed by atoms with Crippen LogP contribution in [-0.4, -0.2) is 12.5 Å². The summed E-state index contributed by atoms with van der Waals surface area (Å²) in [5.41, 5.74) is 2.15. The van der Waals surface area contributed by atoms with E-state index < -0.39 is 0 Å². The zero-order chi connectivity index (χ0) is 9.97. The van der Waals surface area contributed by atoms with E-state index in [0.717, 1.165) is 11.3 Å². The monoisotopic (exact) mass is 191 g/mol. The fourth-order valence-corrected chi connectivity index (χ4v) is 1.60. The normalized spacial score (nSPS) is 18.5. The number of hydrogen-bond acceptors (Lipinski definition) is 3. The van der Waals surface area contributed by atoms with Crippen molar-refractivity contribution in [3.63, 3.8) is 0 Å². The molecule has 3 heteroatoms. The van der Waals surface area contributed by atoms with Gasteiger partial charge in [-0.3, -0.25) is 4.79 Å². The second kappa shape index (κ2) is 3.70. The van der Waals surface area contributed by atoms with E-state index in [-0.39, 0.29) is 12.1 Å². The smallest absolute Gasteiger partial charge is 0.306 e. The van der Waals surface area contributed by atoms with Crippen LogP contribution in [-0.2, 0) is 9.53 Å². The molecule has 0 radical (unpaired) electrons. The van der Waals surface area contributed by atoms with Gasteiger partial charge < -0.3 is 10.1 Å². The van der Waals surface area contributed by atoms with Gasteiger partial charge >= 0.3 is 5.97 Å². The molecule has 0 fully saturated rings. The quantitative estimate of drug-likeness (QED) is 0.727. The molecule has 74 valence electrons. The average Bonchev–Trinajstić information content (AvgIpc) is 2.62. The van der Waals surface area contributed by atoms with E-state index in [1.165, 1.54) is 0 Å². The fraction of sp³-hybridized carbons (Fsp3) is 0.364.